The Kier molecular flexibility index (Phi) is 10.9. The number of carbonyl (C=O) groups excluding carboxylic acids is 4. The third-order valence-corrected chi connectivity index (χ3v) is 6.35. The summed E-state index contributed by atoms with van der Waals surface area (Å²) in [4.78, 5) is 53.2. The molecule has 1 aromatic rings. The summed E-state index contributed by atoms with van der Waals surface area (Å²) in [6.07, 6.45) is 3.45. The molecule has 0 aromatic heterocycles. The van der Waals surface area contributed by atoms with Crippen molar-refractivity contribution in [3.8, 4) is 0 Å². The number of carbonyl (C=O) groups is 4. The Bertz CT molecular complexity index is 948. The lowest BCUT2D eigenvalue weighted by Gasteiger charge is -2.36. The number of aliphatic hydroxyl groups excluding tert-OH is 1. The number of aryl methyl sites for hydroxylation is 2. The van der Waals surface area contributed by atoms with Crippen molar-refractivity contribution >= 4 is 23.8 Å². The quantitative estimate of drug-likeness (QED) is 0.373. The molecule has 10 heteroatoms. The highest BCUT2D eigenvalue weighted by atomic mass is 16.6. The number of nitrogens with two attached hydrogens (primary N) is 1. The van der Waals surface area contributed by atoms with E-state index in [9.17, 15) is 24.3 Å². The topological polar surface area (TPSA) is 151 Å². The number of aliphatic hydroxyl groups is 1. The predicted octanol–water partition coefficient (Wildman–Crippen LogP) is 2.38. The number of amides is 4. The first-order valence-electron chi connectivity index (χ1n) is 12.9. The van der Waals surface area contributed by atoms with Crippen LogP contribution in [-0.2, 0) is 19.1 Å². The maximum absolute atomic E-state index is 13.9. The maximum Gasteiger partial charge on any atom is 0.408 e. The van der Waals surface area contributed by atoms with Crippen LogP contribution in [0.3, 0.4) is 0 Å². The minimum Gasteiger partial charge on any atom is -0.444 e. The number of hydrogen-bond donors (Lipinski definition) is 4. The molecule has 206 valence electrons. The maximum atomic E-state index is 13.9. The van der Waals surface area contributed by atoms with Crippen LogP contribution in [0.1, 0.15) is 82.0 Å². The molecule has 0 heterocycles. The van der Waals surface area contributed by atoms with E-state index in [2.05, 4.69) is 10.6 Å². The van der Waals surface area contributed by atoms with Crippen molar-refractivity contribution in [2.75, 3.05) is 13.2 Å². The number of primary amides is 1. The number of ether oxygens (including phenoxy) is 1. The van der Waals surface area contributed by atoms with Gasteiger partial charge in [-0.05, 0) is 64.2 Å². The number of rotatable bonds is 10. The van der Waals surface area contributed by atoms with E-state index >= 15 is 0 Å². The van der Waals surface area contributed by atoms with E-state index in [0.29, 0.717) is 5.56 Å². The third kappa shape index (κ3) is 9.03. The molecule has 0 saturated heterocycles. The van der Waals surface area contributed by atoms with Crippen molar-refractivity contribution in [2.45, 2.75) is 96.9 Å². The van der Waals surface area contributed by atoms with Crippen LogP contribution in [0.2, 0.25) is 0 Å². The van der Waals surface area contributed by atoms with E-state index < -0.39 is 48.6 Å². The highest BCUT2D eigenvalue weighted by Crippen LogP contribution is 2.29. The lowest BCUT2D eigenvalue weighted by Crippen LogP contribution is -2.55. The lowest BCUT2D eigenvalue weighted by atomic mass is 9.91. The molecule has 1 fully saturated rings. The largest absolute Gasteiger partial charge is 0.444 e. The average molecular weight is 519 g/mol. The van der Waals surface area contributed by atoms with Crippen LogP contribution < -0.4 is 16.4 Å². The molecule has 1 aliphatic rings. The number of hydrogen-bond acceptors (Lipinski definition) is 6. The molecule has 37 heavy (non-hydrogen) atoms. The number of alkyl carbamates (subject to hydrolysis) is 1. The Hall–Kier alpha value is -3.14. The first-order valence-corrected chi connectivity index (χ1v) is 12.9. The van der Waals surface area contributed by atoms with Gasteiger partial charge in [0.25, 0.3) is 0 Å². The van der Waals surface area contributed by atoms with Gasteiger partial charge in [0, 0.05) is 12.6 Å². The number of benzene rings is 1. The second kappa shape index (κ2) is 13.4. The number of nitrogens with zero attached hydrogens (tertiary/aromatic N) is 1. The molecule has 10 nitrogen and oxygen atoms in total. The minimum atomic E-state index is -1.38. The predicted molar refractivity (Wildman–Crippen MR) is 139 cm³/mol. The Balaban J connectivity index is 2.50. The molecule has 2 rings (SSSR count). The molecule has 2 atom stereocenters. The van der Waals surface area contributed by atoms with Gasteiger partial charge >= 0.3 is 6.09 Å². The zero-order valence-electron chi connectivity index (χ0n) is 22.6. The molecule has 5 N–H and O–H groups in total. The van der Waals surface area contributed by atoms with Gasteiger partial charge in [0.2, 0.25) is 17.7 Å². The van der Waals surface area contributed by atoms with Crippen molar-refractivity contribution in [3.05, 3.63) is 34.9 Å². The van der Waals surface area contributed by atoms with Gasteiger partial charge in [-0.25, -0.2) is 4.79 Å². The summed E-state index contributed by atoms with van der Waals surface area (Å²) in [5.74, 6) is -1.90. The molecule has 0 aliphatic heterocycles. The van der Waals surface area contributed by atoms with Gasteiger partial charge in [0.1, 0.15) is 17.7 Å². The third-order valence-electron chi connectivity index (χ3n) is 6.35. The first-order chi connectivity index (χ1) is 17.3. The minimum absolute atomic E-state index is 0.0135. The van der Waals surface area contributed by atoms with Crippen molar-refractivity contribution in [1.82, 2.24) is 15.5 Å². The Morgan fingerprint density at radius 3 is 2.22 bits per heavy atom. The summed E-state index contributed by atoms with van der Waals surface area (Å²) >= 11 is 0. The van der Waals surface area contributed by atoms with Crippen molar-refractivity contribution in [1.29, 1.82) is 0 Å². The zero-order valence-corrected chi connectivity index (χ0v) is 22.6. The van der Waals surface area contributed by atoms with Crippen LogP contribution in [0, 0.1) is 13.8 Å². The van der Waals surface area contributed by atoms with E-state index in [0.717, 1.165) is 43.2 Å². The summed E-state index contributed by atoms with van der Waals surface area (Å²) in [6, 6.07) is 3.09. The van der Waals surface area contributed by atoms with Crippen LogP contribution in [0.15, 0.2) is 18.2 Å². The summed E-state index contributed by atoms with van der Waals surface area (Å²) in [5.41, 5.74) is 6.79. The van der Waals surface area contributed by atoms with Crippen molar-refractivity contribution in [3.63, 3.8) is 0 Å². The highest BCUT2D eigenvalue weighted by Gasteiger charge is 2.38. The standard InChI is InChI=1S/C27H42N4O6/c1-17-10-9-11-18(2)22(17)23(24(34)29-19-12-7-6-8-13-19)31(14-15-32)25(35)20(16-21(28)33)30-26(36)37-27(3,4)5/h9-11,19-20,23,32H,6-8,12-16H2,1-5H3,(H2,28,33)(H,29,34)(H,30,36). The van der Waals surface area contributed by atoms with Gasteiger partial charge < -0.3 is 31.1 Å². The Morgan fingerprint density at radius 1 is 1.11 bits per heavy atom. The summed E-state index contributed by atoms with van der Waals surface area (Å²) in [7, 11) is 0. The van der Waals surface area contributed by atoms with Gasteiger partial charge in [-0.15, -0.1) is 0 Å². The lowest BCUT2D eigenvalue weighted by molar-refractivity contribution is -0.144. The van der Waals surface area contributed by atoms with Crippen LogP contribution in [0.25, 0.3) is 0 Å². The monoisotopic (exact) mass is 518 g/mol. The van der Waals surface area contributed by atoms with Crippen LogP contribution >= 0.6 is 0 Å². The molecule has 2 unspecified atom stereocenters. The fourth-order valence-corrected chi connectivity index (χ4v) is 4.74. The molecule has 0 bridgehead atoms. The fraction of sp³-hybridized carbons (Fsp3) is 0.630. The molecule has 0 radical (unpaired) electrons. The highest BCUT2D eigenvalue weighted by molar-refractivity contribution is 5.95. The van der Waals surface area contributed by atoms with E-state index in [4.69, 9.17) is 10.5 Å². The summed E-state index contributed by atoms with van der Waals surface area (Å²) in [5, 5.41) is 15.4. The number of nitrogens with one attached hydrogen (secondary N) is 2. The van der Waals surface area contributed by atoms with E-state index in [-0.39, 0.29) is 18.5 Å². The van der Waals surface area contributed by atoms with Crippen LogP contribution in [-0.4, -0.2) is 64.7 Å². The molecular weight excluding hydrogens is 476 g/mol. The molecular formula is C27H42N4O6. The summed E-state index contributed by atoms with van der Waals surface area (Å²) in [6.45, 7) is 8.09. The average Bonchev–Trinajstić information content (AvgIpc) is 2.78. The van der Waals surface area contributed by atoms with E-state index in [1.54, 1.807) is 20.8 Å². The molecule has 0 spiro atoms. The Morgan fingerprint density at radius 2 is 1.70 bits per heavy atom. The van der Waals surface area contributed by atoms with E-state index in [1.807, 2.05) is 32.0 Å². The summed E-state index contributed by atoms with van der Waals surface area (Å²) < 4.78 is 5.27. The van der Waals surface area contributed by atoms with Gasteiger partial charge in [0.05, 0.1) is 13.0 Å². The molecule has 1 saturated carbocycles. The second-order valence-electron chi connectivity index (χ2n) is 10.7. The SMILES string of the molecule is Cc1cccc(C)c1C(C(=O)NC1CCCCC1)N(CCO)C(=O)C(CC(N)=O)NC(=O)OC(C)(C)C. The molecule has 1 aliphatic carbocycles. The van der Waals surface area contributed by atoms with Crippen molar-refractivity contribution < 1.29 is 29.0 Å². The Labute approximate surface area is 219 Å². The molecule has 4 amide bonds. The van der Waals surface area contributed by atoms with Crippen LogP contribution in [0.4, 0.5) is 4.79 Å². The molecule has 1 aromatic carbocycles. The van der Waals surface area contributed by atoms with Gasteiger partial charge in [0.15, 0.2) is 0 Å². The van der Waals surface area contributed by atoms with Gasteiger partial charge in [-0.1, -0.05) is 37.5 Å². The van der Waals surface area contributed by atoms with Crippen LogP contribution in [0.5, 0.6) is 0 Å². The fourth-order valence-electron chi connectivity index (χ4n) is 4.74. The van der Waals surface area contributed by atoms with E-state index in [1.165, 1.54) is 4.90 Å². The van der Waals surface area contributed by atoms with Gasteiger partial charge in [-0.2, -0.15) is 0 Å². The normalized spacial score (nSPS) is 15.8. The smallest absolute Gasteiger partial charge is 0.408 e. The first kappa shape index (κ1) is 30.1. The second-order valence-corrected chi connectivity index (χ2v) is 10.7. The zero-order chi connectivity index (χ0) is 27.8. The van der Waals surface area contributed by atoms with Crippen molar-refractivity contribution in [2.24, 2.45) is 5.73 Å². The van der Waals surface area contributed by atoms with Gasteiger partial charge in [-0.3, -0.25) is 14.4 Å².